The molecule has 0 aliphatic rings. The van der Waals surface area contributed by atoms with E-state index in [1.807, 2.05) is 22.9 Å². The molecule has 7 nitrogen and oxygen atoms in total. The summed E-state index contributed by atoms with van der Waals surface area (Å²) >= 11 is 1.62. The van der Waals surface area contributed by atoms with Gasteiger partial charge in [-0.15, -0.1) is 0 Å². The summed E-state index contributed by atoms with van der Waals surface area (Å²) in [6.45, 7) is 9.38. The van der Waals surface area contributed by atoms with Gasteiger partial charge in [-0.1, -0.05) is 43.8 Å². The smallest absolute Gasteiger partial charge is 0.251 e. The van der Waals surface area contributed by atoms with Crippen LogP contribution in [0.5, 0.6) is 0 Å². The summed E-state index contributed by atoms with van der Waals surface area (Å²) in [5, 5.41) is 12.8. The molecule has 0 unspecified atom stereocenters. The zero-order valence-electron chi connectivity index (χ0n) is 16.6. The number of nitrogens with one attached hydrogen (secondary N) is 2. The van der Waals surface area contributed by atoms with E-state index in [2.05, 4.69) is 48.4 Å². The van der Waals surface area contributed by atoms with Crippen molar-refractivity contribution in [3.05, 3.63) is 42.1 Å². The van der Waals surface area contributed by atoms with Gasteiger partial charge < -0.3 is 10.6 Å². The third-order valence-corrected chi connectivity index (χ3v) is 4.75. The summed E-state index contributed by atoms with van der Waals surface area (Å²) in [4.78, 5) is 21.6. The quantitative estimate of drug-likeness (QED) is 0.446. The molecule has 0 aliphatic heterocycles. The lowest BCUT2D eigenvalue weighted by atomic mass is 10.2. The summed E-state index contributed by atoms with van der Waals surface area (Å²) < 4.78 is 1.82. The Hall–Kier alpha value is -2.61. The molecule has 0 fully saturated rings. The molecule has 1 aromatic carbocycles. The first-order valence-electron chi connectivity index (χ1n) is 9.44. The minimum atomic E-state index is -0.0927. The molecule has 3 aromatic rings. The molecule has 2 N–H and O–H groups in total. The van der Waals surface area contributed by atoms with Crippen LogP contribution >= 0.6 is 11.8 Å². The highest BCUT2D eigenvalue weighted by molar-refractivity contribution is 7.99. The van der Waals surface area contributed by atoms with E-state index in [-0.39, 0.29) is 11.9 Å². The fourth-order valence-corrected chi connectivity index (χ4v) is 3.42. The molecule has 0 bridgehead atoms. The highest BCUT2D eigenvalue weighted by atomic mass is 32.2. The lowest BCUT2D eigenvalue weighted by Gasteiger charge is -2.12. The zero-order valence-corrected chi connectivity index (χ0v) is 17.5. The van der Waals surface area contributed by atoms with E-state index in [0.29, 0.717) is 23.9 Å². The van der Waals surface area contributed by atoms with Crippen molar-refractivity contribution in [2.45, 2.75) is 50.7 Å². The van der Waals surface area contributed by atoms with Gasteiger partial charge in [0.1, 0.15) is 5.82 Å². The van der Waals surface area contributed by atoms with E-state index in [4.69, 9.17) is 4.98 Å². The summed E-state index contributed by atoms with van der Waals surface area (Å²) in [6, 6.07) is 9.44. The van der Waals surface area contributed by atoms with Gasteiger partial charge in [0.2, 0.25) is 0 Å². The monoisotopic (exact) mass is 398 g/mol. The Labute approximate surface area is 169 Å². The van der Waals surface area contributed by atoms with Crippen molar-refractivity contribution >= 4 is 34.5 Å². The van der Waals surface area contributed by atoms with Crippen LogP contribution in [-0.2, 0) is 6.54 Å². The summed E-state index contributed by atoms with van der Waals surface area (Å²) in [6.07, 6.45) is 1.78. The second-order valence-corrected chi connectivity index (χ2v) is 8.59. The van der Waals surface area contributed by atoms with Crippen LogP contribution in [0.15, 0.2) is 41.7 Å². The predicted molar refractivity (Wildman–Crippen MR) is 114 cm³/mol. The van der Waals surface area contributed by atoms with E-state index in [1.165, 1.54) is 0 Å². The Balaban J connectivity index is 1.78. The second-order valence-electron chi connectivity index (χ2n) is 7.05. The van der Waals surface area contributed by atoms with Crippen molar-refractivity contribution in [2.75, 3.05) is 11.9 Å². The maximum absolute atomic E-state index is 12.2. The Morgan fingerprint density at radius 1 is 1.14 bits per heavy atom. The number of anilines is 1. The molecular formula is C20H26N6OS. The Morgan fingerprint density at radius 3 is 2.57 bits per heavy atom. The minimum absolute atomic E-state index is 0.0927. The zero-order chi connectivity index (χ0) is 20.1. The Bertz CT molecular complexity index is 939. The van der Waals surface area contributed by atoms with Crippen LogP contribution in [0.25, 0.3) is 11.0 Å². The summed E-state index contributed by atoms with van der Waals surface area (Å²) in [7, 11) is 0. The maximum atomic E-state index is 12.2. The molecule has 3 rings (SSSR count). The van der Waals surface area contributed by atoms with Gasteiger partial charge in [-0.3, -0.25) is 4.79 Å². The van der Waals surface area contributed by atoms with Gasteiger partial charge in [0, 0.05) is 23.4 Å². The van der Waals surface area contributed by atoms with Crippen molar-refractivity contribution in [3.8, 4) is 0 Å². The van der Waals surface area contributed by atoms with Crippen LogP contribution in [0.2, 0.25) is 0 Å². The van der Waals surface area contributed by atoms with E-state index in [9.17, 15) is 4.79 Å². The van der Waals surface area contributed by atoms with E-state index < -0.39 is 0 Å². The highest BCUT2D eigenvalue weighted by Gasteiger charge is 2.15. The third-order valence-electron chi connectivity index (χ3n) is 3.89. The van der Waals surface area contributed by atoms with Crippen LogP contribution in [-0.4, -0.2) is 43.5 Å². The van der Waals surface area contributed by atoms with Crippen LogP contribution in [0, 0.1) is 0 Å². The number of rotatable bonds is 8. The van der Waals surface area contributed by atoms with Crippen LogP contribution in [0.3, 0.4) is 0 Å². The number of fused-ring (bicyclic) bond motifs is 1. The number of carbonyl (C=O) groups excluding carboxylic acids is 1. The summed E-state index contributed by atoms with van der Waals surface area (Å²) in [5.74, 6) is 0.702. The topological polar surface area (TPSA) is 84.7 Å². The van der Waals surface area contributed by atoms with Crippen molar-refractivity contribution < 1.29 is 4.79 Å². The standard InChI is InChI=1S/C20H26N6OS/c1-13(2)23-17-16-12-22-26(18(16)25-20(24-17)28-14(3)4)11-10-21-19(27)15-8-6-5-7-9-15/h5-9,12-14H,10-11H2,1-4H3,(H,21,27)(H,23,24,25). The molecule has 0 saturated heterocycles. The van der Waals surface area contributed by atoms with Gasteiger partial charge in [-0.2, -0.15) is 5.10 Å². The van der Waals surface area contributed by atoms with E-state index in [0.717, 1.165) is 22.0 Å². The molecule has 0 atom stereocenters. The number of nitrogens with zero attached hydrogens (tertiary/aromatic N) is 4. The third kappa shape index (κ3) is 5.01. The molecule has 2 aromatic heterocycles. The van der Waals surface area contributed by atoms with Crippen LogP contribution < -0.4 is 10.6 Å². The molecule has 148 valence electrons. The Kier molecular flexibility index (Phi) is 6.51. The fraction of sp³-hybridized carbons (Fsp3) is 0.400. The molecule has 0 saturated carbocycles. The summed E-state index contributed by atoms with van der Waals surface area (Å²) in [5.41, 5.74) is 1.42. The molecule has 1 amide bonds. The van der Waals surface area contributed by atoms with Gasteiger partial charge in [0.15, 0.2) is 10.8 Å². The number of aromatic nitrogens is 4. The number of benzene rings is 1. The van der Waals surface area contributed by atoms with Crippen LogP contribution in [0.1, 0.15) is 38.1 Å². The lowest BCUT2D eigenvalue weighted by Crippen LogP contribution is -2.27. The van der Waals surface area contributed by atoms with Gasteiger partial charge in [-0.25, -0.2) is 14.6 Å². The number of hydrogen-bond acceptors (Lipinski definition) is 6. The van der Waals surface area contributed by atoms with Crippen molar-refractivity contribution in [1.29, 1.82) is 0 Å². The molecule has 0 spiro atoms. The minimum Gasteiger partial charge on any atom is -0.367 e. The van der Waals surface area contributed by atoms with Gasteiger partial charge in [-0.05, 0) is 26.0 Å². The predicted octanol–water partition coefficient (Wildman–Crippen LogP) is 3.58. The number of thioether (sulfide) groups is 1. The number of hydrogen-bond donors (Lipinski definition) is 2. The Morgan fingerprint density at radius 2 is 1.89 bits per heavy atom. The van der Waals surface area contributed by atoms with Gasteiger partial charge in [0.05, 0.1) is 18.1 Å². The maximum Gasteiger partial charge on any atom is 0.251 e. The number of amides is 1. The molecule has 0 radical (unpaired) electrons. The fourth-order valence-electron chi connectivity index (χ4n) is 2.71. The SMILES string of the molecule is CC(C)Nc1nc(SC(C)C)nc2c1cnn2CCNC(=O)c1ccccc1. The first kappa shape index (κ1) is 20.1. The average Bonchev–Trinajstić information content (AvgIpc) is 3.04. The molecular weight excluding hydrogens is 372 g/mol. The van der Waals surface area contributed by atoms with Crippen molar-refractivity contribution in [1.82, 2.24) is 25.1 Å². The van der Waals surface area contributed by atoms with E-state index >= 15 is 0 Å². The van der Waals surface area contributed by atoms with Gasteiger partial charge in [0.25, 0.3) is 5.91 Å². The van der Waals surface area contributed by atoms with Crippen molar-refractivity contribution in [2.24, 2.45) is 0 Å². The highest BCUT2D eigenvalue weighted by Crippen LogP contribution is 2.26. The van der Waals surface area contributed by atoms with E-state index in [1.54, 1.807) is 30.1 Å². The average molecular weight is 399 g/mol. The largest absolute Gasteiger partial charge is 0.367 e. The normalized spacial score (nSPS) is 11.4. The molecule has 28 heavy (non-hydrogen) atoms. The van der Waals surface area contributed by atoms with Crippen LogP contribution in [0.4, 0.5) is 5.82 Å². The molecule has 0 aliphatic carbocycles. The first-order chi connectivity index (χ1) is 13.4. The van der Waals surface area contributed by atoms with Gasteiger partial charge >= 0.3 is 0 Å². The van der Waals surface area contributed by atoms with Crippen molar-refractivity contribution in [3.63, 3.8) is 0 Å². The first-order valence-corrected chi connectivity index (χ1v) is 10.3. The number of carbonyl (C=O) groups is 1. The second kappa shape index (κ2) is 9.05. The lowest BCUT2D eigenvalue weighted by molar-refractivity contribution is 0.0952. The molecule has 8 heteroatoms. The molecule has 2 heterocycles.